The summed E-state index contributed by atoms with van der Waals surface area (Å²) >= 11 is 0. The van der Waals surface area contributed by atoms with Gasteiger partial charge in [-0.05, 0) is 51.3 Å². The minimum atomic E-state index is -3.21. The summed E-state index contributed by atoms with van der Waals surface area (Å²) in [4.78, 5) is 2.22. The molecule has 1 rings (SSSR count). The van der Waals surface area contributed by atoms with Crippen molar-refractivity contribution in [1.82, 2.24) is 4.90 Å². The number of phenols is 1. The molecule has 0 aliphatic carbocycles. The van der Waals surface area contributed by atoms with Gasteiger partial charge in [0.1, 0.15) is 5.75 Å². The standard InChI is InChI=1S/C11H17NO3S/c1-12(2)8-3-9-16(14,15)11-6-4-10(13)5-7-11/h4-7,13H,3,8-9H2,1-2H3. The molecular weight excluding hydrogens is 226 g/mol. The van der Waals surface area contributed by atoms with Crippen molar-refractivity contribution >= 4 is 9.84 Å². The Morgan fingerprint density at radius 2 is 1.75 bits per heavy atom. The Kier molecular flexibility index (Phi) is 4.32. The summed E-state index contributed by atoms with van der Waals surface area (Å²) in [6.07, 6.45) is 0.607. The minimum absolute atomic E-state index is 0.0761. The van der Waals surface area contributed by atoms with Crippen LogP contribution >= 0.6 is 0 Å². The summed E-state index contributed by atoms with van der Waals surface area (Å²) in [7, 11) is 0.609. The number of phenolic OH excluding ortho intramolecular Hbond substituents is 1. The smallest absolute Gasteiger partial charge is 0.178 e. The SMILES string of the molecule is CN(C)CCCS(=O)(=O)c1ccc(O)cc1. The van der Waals surface area contributed by atoms with Crippen LogP contribution in [0.1, 0.15) is 6.42 Å². The molecule has 0 radical (unpaired) electrons. The molecule has 0 bridgehead atoms. The lowest BCUT2D eigenvalue weighted by Gasteiger charge is -2.09. The first-order valence-corrected chi connectivity index (χ1v) is 6.73. The molecule has 0 saturated carbocycles. The van der Waals surface area contributed by atoms with Crippen LogP contribution < -0.4 is 0 Å². The Labute approximate surface area is 96.4 Å². The highest BCUT2D eigenvalue weighted by Crippen LogP contribution is 2.16. The van der Waals surface area contributed by atoms with Crippen LogP contribution in [0.4, 0.5) is 0 Å². The van der Waals surface area contributed by atoms with Crippen molar-refractivity contribution in [2.24, 2.45) is 0 Å². The van der Waals surface area contributed by atoms with Crippen LogP contribution in [-0.4, -0.2) is 44.8 Å². The molecule has 0 saturated heterocycles. The van der Waals surface area contributed by atoms with Crippen molar-refractivity contribution in [3.8, 4) is 5.75 Å². The van der Waals surface area contributed by atoms with E-state index in [0.29, 0.717) is 6.42 Å². The number of aromatic hydroxyl groups is 1. The molecule has 0 fully saturated rings. The minimum Gasteiger partial charge on any atom is -0.508 e. The van der Waals surface area contributed by atoms with Gasteiger partial charge in [0, 0.05) is 0 Å². The maximum Gasteiger partial charge on any atom is 0.178 e. The van der Waals surface area contributed by atoms with E-state index in [2.05, 4.69) is 0 Å². The number of benzene rings is 1. The van der Waals surface area contributed by atoms with Gasteiger partial charge < -0.3 is 10.0 Å². The predicted molar refractivity (Wildman–Crippen MR) is 63.3 cm³/mol. The van der Waals surface area contributed by atoms with Crippen molar-refractivity contribution in [2.75, 3.05) is 26.4 Å². The second-order valence-electron chi connectivity index (χ2n) is 3.97. The first kappa shape index (κ1) is 13.0. The first-order valence-electron chi connectivity index (χ1n) is 5.08. The van der Waals surface area contributed by atoms with Crippen LogP contribution in [-0.2, 0) is 9.84 Å². The highest BCUT2D eigenvalue weighted by molar-refractivity contribution is 7.91. The highest BCUT2D eigenvalue weighted by atomic mass is 32.2. The molecule has 0 aromatic heterocycles. The lowest BCUT2D eigenvalue weighted by molar-refractivity contribution is 0.408. The van der Waals surface area contributed by atoms with E-state index in [1.807, 2.05) is 19.0 Å². The molecule has 0 atom stereocenters. The topological polar surface area (TPSA) is 57.6 Å². The van der Waals surface area contributed by atoms with Crippen LogP contribution in [0.15, 0.2) is 29.2 Å². The fourth-order valence-electron chi connectivity index (χ4n) is 1.34. The zero-order valence-electron chi connectivity index (χ0n) is 9.55. The van der Waals surface area contributed by atoms with Crippen LogP contribution in [0.3, 0.4) is 0 Å². The van der Waals surface area contributed by atoms with Gasteiger partial charge >= 0.3 is 0 Å². The van der Waals surface area contributed by atoms with Gasteiger partial charge in [-0.1, -0.05) is 0 Å². The molecule has 1 aromatic rings. The Bertz CT molecular complexity index is 423. The summed E-state index contributed by atoms with van der Waals surface area (Å²) in [6.45, 7) is 0.747. The third kappa shape index (κ3) is 3.83. The van der Waals surface area contributed by atoms with E-state index in [1.165, 1.54) is 24.3 Å². The summed E-state index contributed by atoms with van der Waals surface area (Å²) in [6, 6.07) is 5.64. The maximum absolute atomic E-state index is 11.8. The van der Waals surface area contributed by atoms with E-state index in [0.717, 1.165) is 6.54 Å². The van der Waals surface area contributed by atoms with E-state index >= 15 is 0 Å². The quantitative estimate of drug-likeness (QED) is 0.842. The monoisotopic (exact) mass is 243 g/mol. The second-order valence-corrected chi connectivity index (χ2v) is 6.08. The molecule has 1 aromatic carbocycles. The largest absolute Gasteiger partial charge is 0.508 e. The molecule has 1 N–H and O–H groups in total. The summed E-state index contributed by atoms with van der Waals surface area (Å²) < 4.78 is 23.6. The molecule has 0 heterocycles. The lowest BCUT2D eigenvalue weighted by Crippen LogP contribution is -2.17. The van der Waals surface area contributed by atoms with E-state index in [1.54, 1.807) is 0 Å². The Hall–Kier alpha value is -1.07. The number of hydrogen-bond acceptors (Lipinski definition) is 4. The van der Waals surface area contributed by atoms with Crippen molar-refractivity contribution in [3.63, 3.8) is 0 Å². The molecule has 0 aliphatic heterocycles. The number of nitrogens with zero attached hydrogens (tertiary/aromatic N) is 1. The molecule has 4 nitrogen and oxygen atoms in total. The van der Waals surface area contributed by atoms with Crippen LogP contribution in [0.5, 0.6) is 5.75 Å². The lowest BCUT2D eigenvalue weighted by atomic mass is 10.3. The average Bonchev–Trinajstić information content (AvgIpc) is 2.17. The summed E-state index contributed by atoms with van der Waals surface area (Å²) in [5.41, 5.74) is 0. The van der Waals surface area contributed by atoms with Gasteiger partial charge in [0.2, 0.25) is 0 Å². The van der Waals surface area contributed by atoms with Crippen molar-refractivity contribution < 1.29 is 13.5 Å². The number of hydrogen-bond donors (Lipinski definition) is 1. The normalized spacial score (nSPS) is 11.9. The van der Waals surface area contributed by atoms with Gasteiger partial charge in [0.15, 0.2) is 9.84 Å². The molecule has 0 spiro atoms. The van der Waals surface area contributed by atoms with Crippen molar-refractivity contribution in [1.29, 1.82) is 0 Å². The number of sulfone groups is 1. The molecule has 16 heavy (non-hydrogen) atoms. The zero-order chi connectivity index (χ0) is 12.2. The zero-order valence-corrected chi connectivity index (χ0v) is 10.4. The van der Waals surface area contributed by atoms with E-state index < -0.39 is 9.84 Å². The average molecular weight is 243 g/mol. The van der Waals surface area contributed by atoms with Gasteiger partial charge in [-0.25, -0.2) is 8.42 Å². The number of rotatable bonds is 5. The first-order chi connectivity index (χ1) is 7.42. The Balaban J connectivity index is 2.67. The molecule has 0 amide bonds. The van der Waals surface area contributed by atoms with E-state index in [4.69, 9.17) is 5.11 Å². The van der Waals surface area contributed by atoms with Gasteiger partial charge in [-0.15, -0.1) is 0 Å². The molecule has 0 unspecified atom stereocenters. The third-order valence-electron chi connectivity index (χ3n) is 2.21. The fraction of sp³-hybridized carbons (Fsp3) is 0.455. The Morgan fingerprint density at radius 1 is 1.19 bits per heavy atom. The maximum atomic E-state index is 11.8. The van der Waals surface area contributed by atoms with E-state index in [-0.39, 0.29) is 16.4 Å². The molecule has 0 aliphatic rings. The molecule has 90 valence electrons. The fourth-order valence-corrected chi connectivity index (χ4v) is 2.64. The molecule has 5 heteroatoms. The highest BCUT2D eigenvalue weighted by Gasteiger charge is 2.13. The third-order valence-corrected chi connectivity index (χ3v) is 4.03. The van der Waals surface area contributed by atoms with Gasteiger partial charge in [-0.2, -0.15) is 0 Å². The van der Waals surface area contributed by atoms with Crippen molar-refractivity contribution in [2.45, 2.75) is 11.3 Å². The summed E-state index contributed by atoms with van der Waals surface area (Å²) in [5, 5.41) is 9.07. The summed E-state index contributed by atoms with van der Waals surface area (Å²) in [5.74, 6) is 0.211. The second kappa shape index (κ2) is 5.32. The van der Waals surface area contributed by atoms with Crippen molar-refractivity contribution in [3.05, 3.63) is 24.3 Å². The van der Waals surface area contributed by atoms with Crippen LogP contribution in [0.2, 0.25) is 0 Å². The Morgan fingerprint density at radius 3 is 2.25 bits per heavy atom. The predicted octanol–water partition coefficient (Wildman–Crippen LogP) is 1.12. The van der Waals surface area contributed by atoms with Gasteiger partial charge in [0.05, 0.1) is 10.6 Å². The van der Waals surface area contributed by atoms with Crippen LogP contribution in [0.25, 0.3) is 0 Å². The van der Waals surface area contributed by atoms with Crippen LogP contribution in [0, 0.1) is 0 Å². The van der Waals surface area contributed by atoms with E-state index in [9.17, 15) is 8.42 Å². The van der Waals surface area contributed by atoms with Gasteiger partial charge in [0.25, 0.3) is 0 Å². The van der Waals surface area contributed by atoms with Gasteiger partial charge in [-0.3, -0.25) is 0 Å². The molecular formula is C11H17NO3S.